The second-order valence-corrected chi connectivity index (χ2v) is 13.2. The Morgan fingerprint density at radius 3 is 2.37 bits per heavy atom. The van der Waals surface area contributed by atoms with Crippen molar-refractivity contribution >= 4 is 44.1 Å². The summed E-state index contributed by atoms with van der Waals surface area (Å²) in [6.45, 7) is 0.898. The third-order valence-corrected chi connectivity index (χ3v) is 9.07. The first-order chi connectivity index (χ1) is 20.4. The number of nitrogens with zero attached hydrogens (tertiary/aromatic N) is 3. The molecule has 43 heavy (non-hydrogen) atoms. The highest BCUT2D eigenvalue weighted by Gasteiger charge is 2.61. The Labute approximate surface area is 245 Å². The molecule has 1 aliphatic carbocycles. The second kappa shape index (κ2) is 11.3. The van der Waals surface area contributed by atoms with Crippen LogP contribution < -0.4 is 10.6 Å². The van der Waals surface area contributed by atoms with Gasteiger partial charge in [-0.3, -0.25) is 9.36 Å². The lowest BCUT2D eigenvalue weighted by atomic mass is 10.0. The predicted octanol–water partition coefficient (Wildman–Crippen LogP) is 6.05. The Morgan fingerprint density at radius 1 is 1.05 bits per heavy atom. The van der Waals surface area contributed by atoms with Gasteiger partial charge in [0, 0.05) is 32.0 Å². The van der Waals surface area contributed by atoms with Crippen molar-refractivity contribution in [1.29, 1.82) is 0 Å². The molecule has 1 amide bonds. The summed E-state index contributed by atoms with van der Waals surface area (Å²) in [7, 11) is -3.80. The van der Waals surface area contributed by atoms with Crippen molar-refractivity contribution in [2.75, 3.05) is 30.1 Å². The molecule has 0 spiro atoms. The summed E-state index contributed by atoms with van der Waals surface area (Å²) >= 11 is 0. The van der Waals surface area contributed by atoms with Crippen LogP contribution in [0.3, 0.4) is 0 Å². The van der Waals surface area contributed by atoms with Crippen molar-refractivity contribution in [3.05, 3.63) is 35.7 Å². The lowest BCUT2D eigenvalue weighted by Gasteiger charge is -2.25. The molecule has 2 aliphatic heterocycles. The van der Waals surface area contributed by atoms with Gasteiger partial charge in [0.15, 0.2) is 21.3 Å². The number of alkyl halides is 4. The van der Waals surface area contributed by atoms with Gasteiger partial charge in [0.05, 0.1) is 22.4 Å². The molecule has 0 bridgehead atoms. The Morgan fingerprint density at radius 2 is 1.77 bits per heavy atom. The van der Waals surface area contributed by atoms with Crippen LogP contribution in [0.1, 0.15) is 75.1 Å². The van der Waals surface area contributed by atoms with E-state index >= 15 is 0 Å². The highest BCUT2D eigenvalue weighted by Crippen LogP contribution is 2.49. The van der Waals surface area contributed by atoms with Gasteiger partial charge in [-0.25, -0.2) is 35.9 Å². The minimum absolute atomic E-state index is 0.0293. The summed E-state index contributed by atoms with van der Waals surface area (Å²) in [5.41, 5.74) is 0.757. The van der Waals surface area contributed by atoms with E-state index in [1.807, 2.05) is 0 Å². The van der Waals surface area contributed by atoms with E-state index in [-0.39, 0.29) is 39.4 Å². The molecule has 1 saturated carbocycles. The van der Waals surface area contributed by atoms with Crippen molar-refractivity contribution < 1.29 is 40.2 Å². The standard InChI is InChI=1S/C28H31F4N5O5S/c1-43(39,40)20-12-15(19-6-2-4-10-41-19)8-9-17(20)33-18-13-21(35-27(38)16-14-28(16,31)32)34-25-23(18)36-26(24(29)30)37(25)22-7-3-5-11-42-22/h8-9,12-13,16,19,22,24H,2-7,10-11,14H2,1H3,(H2,33,34,35,38)/t16?,19-,22?/m0/s1. The molecular formula is C28H31F4N5O5S. The SMILES string of the molecule is CS(=O)(=O)c1cc([C@@H]2CCCCO2)ccc1Nc1cc(NC(=O)C2CC2(F)F)nc2c1nc(C(F)F)n2C1CCCCO1. The molecule has 3 fully saturated rings. The molecule has 6 rings (SSSR count). The van der Waals surface area contributed by atoms with Crippen molar-refractivity contribution in [2.24, 2.45) is 5.92 Å². The number of carbonyl (C=O) groups is 1. The van der Waals surface area contributed by atoms with E-state index in [1.54, 1.807) is 12.1 Å². The van der Waals surface area contributed by atoms with Crippen LogP contribution in [0, 0.1) is 5.92 Å². The Kier molecular flexibility index (Phi) is 7.84. The number of fused-ring (bicyclic) bond motifs is 1. The highest BCUT2D eigenvalue weighted by atomic mass is 32.2. The molecule has 15 heteroatoms. The van der Waals surface area contributed by atoms with Crippen LogP contribution in [0.2, 0.25) is 0 Å². The number of hydrogen-bond acceptors (Lipinski definition) is 8. The molecule has 3 aliphatic rings. The van der Waals surface area contributed by atoms with Crippen LogP contribution in [0.25, 0.3) is 11.2 Å². The van der Waals surface area contributed by atoms with Crippen LogP contribution >= 0.6 is 0 Å². The Balaban J connectivity index is 1.46. The van der Waals surface area contributed by atoms with Crippen molar-refractivity contribution in [3.63, 3.8) is 0 Å². The number of nitrogens with one attached hydrogen (secondary N) is 2. The average molecular weight is 626 g/mol. The fourth-order valence-corrected chi connectivity index (χ4v) is 6.48. The molecule has 3 atom stereocenters. The van der Waals surface area contributed by atoms with E-state index in [1.165, 1.54) is 12.1 Å². The number of rotatable bonds is 8. The smallest absolute Gasteiger partial charge is 0.295 e. The summed E-state index contributed by atoms with van der Waals surface area (Å²) in [6, 6.07) is 6.05. The van der Waals surface area contributed by atoms with Gasteiger partial charge >= 0.3 is 0 Å². The molecular weight excluding hydrogens is 594 g/mol. The number of aromatic nitrogens is 3. The Bertz CT molecular complexity index is 1650. The molecule has 2 saturated heterocycles. The summed E-state index contributed by atoms with van der Waals surface area (Å²) in [5, 5.41) is 5.36. The third-order valence-electron chi connectivity index (χ3n) is 7.93. The molecule has 0 radical (unpaired) electrons. The van der Waals surface area contributed by atoms with Gasteiger partial charge in [0.2, 0.25) is 5.91 Å². The lowest BCUT2D eigenvalue weighted by molar-refractivity contribution is -0.119. The minimum Gasteiger partial charge on any atom is -0.374 e. The number of halogens is 4. The molecule has 4 heterocycles. The van der Waals surface area contributed by atoms with Gasteiger partial charge in [-0.05, 0) is 56.2 Å². The number of anilines is 3. The van der Waals surface area contributed by atoms with Gasteiger partial charge in [0.1, 0.15) is 23.5 Å². The average Bonchev–Trinajstić information content (AvgIpc) is 3.44. The fourth-order valence-electron chi connectivity index (χ4n) is 5.61. The first kappa shape index (κ1) is 29.8. The number of benzene rings is 1. The first-order valence-corrected chi connectivity index (χ1v) is 16.1. The van der Waals surface area contributed by atoms with Gasteiger partial charge in [-0.15, -0.1) is 0 Å². The number of pyridine rings is 1. The van der Waals surface area contributed by atoms with E-state index in [9.17, 15) is 30.8 Å². The van der Waals surface area contributed by atoms with Crippen molar-refractivity contribution in [1.82, 2.24) is 14.5 Å². The number of sulfone groups is 1. The lowest BCUT2D eigenvalue weighted by Crippen LogP contribution is -2.21. The summed E-state index contributed by atoms with van der Waals surface area (Å²) < 4.78 is 94.4. The molecule has 2 N–H and O–H groups in total. The van der Waals surface area contributed by atoms with Gasteiger partial charge < -0.3 is 20.1 Å². The number of hydrogen-bond donors (Lipinski definition) is 2. The predicted molar refractivity (Wildman–Crippen MR) is 148 cm³/mol. The summed E-state index contributed by atoms with van der Waals surface area (Å²) in [5.74, 6) is -6.44. The number of amides is 1. The van der Waals surface area contributed by atoms with Gasteiger partial charge in [0.25, 0.3) is 12.3 Å². The van der Waals surface area contributed by atoms with Gasteiger partial charge in [-0.1, -0.05) is 6.07 Å². The minimum atomic E-state index is -3.80. The largest absolute Gasteiger partial charge is 0.374 e. The van der Waals surface area contributed by atoms with E-state index in [2.05, 4.69) is 20.6 Å². The maximum atomic E-state index is 14.3. The first-order valence-electron chi connectivity index (χ1n) is 14.2. The number of carbonyl (C=O) groups excluding carboxylic acids is 1. The number of ether oxygens (including phenoxy) is 2. The molecule has 1 aromatic carbocycles. The van der Waals surface area contributed by atoms with E-state index < -0.39 is 52.5 Å². The van der Waals surface area contributed by atoms with Crippen LogP contribution in [0.4, 0.5) is 34.8 Å². The van der Waals surface area contributed by atoms with Crippen LogP contribution in [0.5, 0.6) is 0 Å². The monoisotopic (exact) mass is 625 g/mol. The quantitative estimate of drug-likeness (QED) is 0.290. The van der Waals surface area contributed by atoms with Gasteiger partial charge in [-0.2, -0.15) is 0 Å². The molecule has 2 unspecified atom stereocenters. The van der Waals surface area contributed by atoms with Crippen LogP contribution in [-0.2, 0) is 24.1 Å². The number of imidazole rings is 1. The van der Waals surface area contributed by atoms with E-state index in [0.29, 0.717) is 31.6 Å². The van der Waals surface area contributed by atoms with Crippen molar-refractivity contribution in [3.8, 4) is 0 Å². The normalized spacial score (nSPS) is 23.8. The highest BCUT2D eigenvalue weighted by molar-refractivity contribution is 7.90. The maximum absolute atomic E-state index is 14.3. The van der Waals surface area contributed by atoms with Crippen molar-refractivity contribution in [2.45, 2.75) is 74.5 Å². The topological polar surface area (TPSA) is 124 Å². The molecule has 2 aromatic heterocycles. The van der Waals surface area contributed by atoms with E-state index in [4.69, 9.17) is 9.47 Å². The van der Waals surface area contributed by atoms with E-state index in [0.717, 1.165) is 36.5 Å². The third kappa shape index (κ3) is 6.07. The zero-order valence-electron chi connectivity index (χ0n) is 23.3. The second-order valence-electron chi connectivity index (χ2n) is 11.2. The zero-order chi connectivity index (χ0) is 30.5. The Hall–Kier alpha value is -3.30. The maximum Gasteiger partial charge on any atom is 0.295 e. The zero-order valence-corrected chi connectivity index (χ0v) is 24.1. The summed E-state index contributed by atoms with van der Waals surface area (Å²) in [6.07, 6.45) is 0.805. The fraction of sp³-hybridized carbons (Fsp3) is 0.536. The summed E-state index contributed by atoms with van der Waals surface area (Å²) in [4.78, 5) is 21.0. The van der Waals surface area contributed by atoms with Crippen LogP contribution in [-0.4, -0.2) is 54.3 Å². The van der Waals surface area contributed by atoms with Crippen LogP contribution in [0.15, 0.2) is 29.2 Å². The molecule has 10 nitrogen and oxygen atoms in total. The molecule has 3 aromatic rings. The molecule has 232 valence electrons.